The molecule has 3 aromatic rings. The molecule has 2 aromatic carbocycles. The van der Waals surface area contributed by atoms with E-state index in [-0.39, 0.29) is 6.61 Å². The van der Waals surface area contributed by atoms with Crippen molar-refractivity contribution < 1.29 is 23.5 Å². The highest BCUT2D eigenvalue weighted by Gasteiger charge is 2.06. The van der Waals surface area contributed by atoms with E-state index in [1.807, 2.05) is 0 Å². The minimum atomic E-state index is -0.530. The second-order valence-corrected chi connectivity index (χ2v) is 7.29. The van der Waals surface area contributed by atoms with Crippen molar-refractivity contribution >= 4 is 51.7 Å². The van der Waals surface area contributed by atoms with Crippen LogP contribution in [0.1, 0.15) is 11.3 Å². The summed E-state index contributed by atoms with van der Waals surface area (Å²) in [6.45, 7) is -0.210. The molecule has 0 radical (unpaired) electrons. The zero-order valence-electron chi connectivity index (χ0n) is 16.0. The first-order valence-electron chi connectivity index (χ1n) is 8.93. The smallest absolute Gasteiger partial charge is 0.336 e. The van der Waals surface area contributed by atoms with Gasteiger partial charge in [-0.2, -0.15) is 5.10 Å². The van der Waals surface area contributed by atoms with E-state index in [4.69, 9.17) is 25.5 Å². The number of halogens is 2. The predicted octanol–water partition coefficient (Wildman–Crippen LogP) is 4.84. The summed E-state index contributed by atoms with van der Waals surface area (Å²) in [6.07, 6.45) is 5.76. The molecule has 0 aliphatic rings. The number of ether oxygens (including phenoxy) is 2. The molecule has 3 rings (SSSR count). The number of rotatable bonds is 8. The van der Waals surface area contributed by atoms with Crippen LogP contribution in [0.4, 0.5) is 0 Å². The van der Waals surface area contributed by atoms with Gasteiger partial charge in [0, 0.05) is 11.1 Å². The number of nitrogens with one attached hydrogen (secondary N) is 1. The first-order valence-corrected chi connectivity index (χ1v) is 10.1. The van der Waals surface area contributed by atoms with Crippen molar-refractivity contribution in [3.8, 4) is 11.5 Å². The second kappa shape index (κ2) is 11.1. The molecule has 1 heterocycles. The second-order valence-electron chi connectivity index (χ2n) is 6.00. The molecule has 31 heavy (non-hydrogen) atoms. The summed E-state index contributed by atoms with van der Waals surface area (Å²) in [5, 5.41) is 4.43. The van der Waals surface area contributed by atoms with Gasteiger partial charge in [0.05, 0.1) is 17.0 Å². The number of furan rings is 1. The quantitative estimate of drug-likeness (QED) is 0.156. The minimum Gasteiger partial charge on any atom is -0.483 e. The number of carbonyl (C=O) groups is 2. The number of amides is 1. The van der Waals surface area contributed by atoms with E-state index in [0.717, 1.165) is 0 Å². The van der Waals surface area contributed by atoms with Gasteiger partial charge in [-0.1, -0.05) is 11.6 Å². The summed E-state index contributed by atoms with van der Waals surface area (Å²) in [5.74, 6) is 0.464. The maximum absolute atomic E-state index is 11.8. The fraction of sp³-hybridized carbons (Fsp3) is 0.0455. The van der Waals surface area contributed by atoms with Gasteiger partial charge >= 0.3 is 5.97 Å². The normalized spacial score (nSPS) is 11.0. The monoisotopic (exact) mass is 502 g/mol. The highest BCUT2D eigenvalue weighted by molar-refractivity contribution is 9.10. The molecule has 1 amide bonds. The summed E-state index contributed by atoms with van der Waals surface area (Å²) in [4.78, 5) is 23.6. The molecule has 0 saturated carbocycles. The van der Waals surface area contributed by atoms with Crippen molar-refractivity contribution in [2.45, 2.75) is 0 Å². The van der Waals surface area contributed by atoms with E-state index in [1.54, 1.807) is 54.6 Å². The van der Waals surface area contributed by atoms with Gasteiger partial charge in [-0.3, -0.25) is 4.79 Å². The van der Waals surface area contributed by atoms with Crippen LogP contribution in [-0.4, -0.2) is 24.7 Å². The van der Waals surface area contributed by atoms with Crippen molar-refractivity contribution in [3.05, 3.63) is 87.8 Å². The highest BCUT2D eigenvalue weighted by atomic mass is 79.9. The van der Waals surface area contributed by atoms with Crippen molar-refractivity contribution in [2.75, 3.05) is 6.61 Å². The summed E-state index contributed by atoms with van der Waals surface area (Å²) >= 11 is 9.17. The molecule has 0 atom stereocenters. The van der Waals surface area contributed by atoms with Crippen LogP contribution in [0.5, 0.6) is 11.5 Å². The van der Waals surface area contributed by atoms with Crippen molar-refractivity contribution in [2.24, 2.45) is 5.10 Å². The van der Waals surface area contributed by atoms with Gasteiger partial charge in [-0.15, -0.1) is 0 Å². The van der Waals surface area contributed by atoms with Crippen molar-refractivity contribution in [1.82, 2.24) is 5.43 Å². The highest BCUT2D eigenvalue weighted by Crippen LogP contribution is 2.27. The van der Waals surface area contributed by atoms with Crippen LogP contribution < -0.4 is 14.9 Å². The number of hydrazone groups is 1. The summed E-state index contributed by atoms with van der Waals surface area (Å²) in [6, 6.07) is 15.0. The van der Waals surface area contributed by atoms with Crippen molar-refractivity contribution in [1.29, 1.82) is 0 Å². The van der Waals surface area contributed by atoms with E-state index < -0.39 is 11.9 Å². The maximum Gasteiger partial charge on any atom is 0.336 e. The third-order valence-electron chi connectivity index (χ3n) is 3.68. The standard InChI is InChI=1S/C22H16BrClN2O5/c23-19-12-16(24)5-9-20(19)30-14-21(27)26-25-13-15-3-6-18(7-4-15)31-22(28)10-8-17-2-1-11-29-17/h1-13H,14H2,(H,26,27). The lowest BCUT2D eigenvalue weighted by molar-refractivity contribution is -0.129. The number of esters is 1. The Morgan fingerprint density at radius 2 is 1.97 bits per heavy atom. The molecule has 9 heteroatoms. The molecule has 0 unspecified atom stereocenters. The lowest BCUT2D eigenvalue weighted by Gasteiger charge is -2.07. The van der Waals surface area contributed by atoms with Gasteiger partial charge in [0.1, 0.15) is 17.3 Å². The third kappa shape index (κ3) is 7.44. The van der Waals surface area contributed by atoms with Crippen LogP contribution in [0.3, 0.4) is 0 Å². The molecule has 0 aliphatic carbocycles. The summed E-state index contributed by atoms with van der Waals surface area (Å²) in [5.41, 5.74) is 3.07. The van der Waals surface area contributed by atoms with Gasteiger partial charge in [0.2, 0.25) is 0 Å². The summed E-state index contributed by atoms with van der Waals surface area (Å²) in [7, 11) is 0. The average Bonchev–Trinajstić information content (AvgIpc) is 3.27. The number of hydrogen-bond acceptors (Lipinski definition) is 6. The maximum atomic E-state index is 11.8. The van der Waals surface area contributed by atoms with Crippen LogP contribution >= 0.6 is 27.5 Å². The molecule has 0 aliphatic heterocycles. The molecule has 0 fully saturated rings. The first-order chi connectivity index (χ1) is 15.0. The van der Waals surface area contributed by atoms with Crippen LogP contribution in [0.15, 0.2) is 80.9 Å². The van der Waals surface area contributed by atoms with E-state index in [9.17, 15) is 9.59 Å². The first kappa shape index (κ1) is 22.3. The molecular formula is C22H16BrClN2O5. The predicted molar refractivity (Wildman–Crippen MR) is 120 cm³/mol. The number of nitrogens with zero attached hydrogens (tertiary/aromatic N) is 1. The molecule has 7 nitrogen and oxygen atoms in total. The molecule has 0 saturated heterocycles. The zero-order valence-corrected chi connectivity index (χ0v) is 18.3. The topological polar surface area (TPSA) is 90.1 Å². The van der Waals surface area contributed by atoms with Crippen LogP contribution in [-0.2, 0) is 9.59 Å². The summed E-state index contributed by atoms with van der Waals surface area (Å²) < 4.78 is 16.3. The van der Waals surface area contributed by atoms with Gasteiger partial charge in [0.25, 0.3) is 5.91 Å². The molecule has 1 aromatic heterocycles. The zero-order chi connectivity index (χ0) is 22.1. The van der Waals surface area contributed by atoms with Gasteiger partial charge < -0.3 is 13.9 Å². The molecule has 158 valence electrons. The largest absolute Gasteiger partial charge is 0.483 e. The molecule has 0 bridgehead atoms. The van der Waals surface area contributed by atoms with Gasteiger partial charge in [-0.05, 0) is 82.2 Å². The third-order valence-corrected chi connectivity index (χ3v) is 4.54. The van der Waals surface area contributed by atoms with E-state index in [1.165, 1.54) is 24.6 Å². The Labute approximate surface area is 191 Å². The van der Waals surface area contributed by atoms with Crippen LogP contribution in [0.2, 0.25) is 5.02 Å². The Balaban J connectivity index is 1.43. The Hall–Kier alpha value is -3.36. The number of hydrogen-bond donors (Lipinski definition) is 1. The number of benzene rings is 2. The fourth-order valence-corrected chi connectivity index (χ4v) is 3.05. The molecule has 1 N–H and O–H groups in total. The lowest BCUT2D eigenvalue weighted by Crippen LogP contribution is -2.24. The van der Waals surface area contributed by atoms with Crippen molar-refractivity contribution in [3.63, 3.8) is 0 Å². The van der Waals surface area contributed by atoms with E-state index in [2.05, 4.69) is 26.5 Å². The Morgan fingerprint density at radius 3 is 2.68 bits per heavy atom. The lowest BCUT2D eigenvalue weighted by atomic mass is 10.2. The Bertz CT molecular complexity index is 1100. The fourth-order valence-electron chi connectivity index (χ4n) is 2.26. The number of carbonyl (C=O) groups excluding carboxylic acids is 2. The minimum absolute atomic E-state index is 0.210. The SMILES string of the molecule is O=C(COc1ccc(Cl)cc1Br)NN=Cc1ccc(OC(=O)C=Cc2ccco2)cc1. The van der Waals surface area contributed by atoms with E-state index >= 15 is 0 Å². The molecule has 0 spiro atoms. The van der Waals surface area contributed by atoms with Gasteiger partial charge in [-0.25, -0.2) is 10.2 Å². The van der Waals surface area contributed by atoms with Crippen LogP contribution in [0, 0.1) is 0 Å². The van der Waals surface area contributed by atoms with Crippen LogP contribution in [0.25, 0.3) is 6.08 Å². The Morgan fingerprint density at radius 1 is 1.16 bits per heavy atom. The average molecular weight is 504 g/mol. The van der Waals surface area contributed by atoms with Gasteiger partial charge in [0.15, 0.2) is 6.61 Å². The Kier molecular flexibility index (Phi) is 8.03. The van der Waals surface area contributed by atoms with E-state index in [0.29, 0.717) is 32.3 Å². The molecular weight excluding hydrogens is 488 g/mol.